The Hall–Kier alpha value is -3.23. The van der Waals surface area contributed by atoms with Crippen LogP contribution in [0.2, 0.25) is 0 Å². The summed E-state index contributed by atoms with van der Waals surface area (Å²) in [5.74, 6) is -0.761. The van der Waals surface area contributed by atoms with Crippen LogP contribution >= 0.6 is 0 Å². The number of nitrogens with one attached hydrogen (secondary N) is 1. The third-order valence-corrected chi connectivity index (χ3v) is 5.17. The summed E-state index contributed by atoms with van der Waals surface area (Å²) >= 11 is 0. The van der Waals surface area contributed by atoms with Crippen molar-refractivity contribution < 1.29 is 18.0 Å². The minimum absolute atomic E-state index is 0.128. The van der Waals surface area contributed by atoms with Gasteiger partial charge in [-0.25, -0.2) is 15.0 Å². The lowest BCUT2D eigenvalue weighted by atomic mass is 9.95. The van der Waals surface area contributed by atoms with Crippen molar-refractivity contribution in [2.45, 2.75) is 25.9 Å². The smallest absolute Gasteiger partial charge is 0.356 e. The van der Waals surface area contributed by atoms with E-state index in [4.69, 9.17) is 0 Å². The van der Waals surface area contributed by atoms with Gasteiger partial charge in [0.05, 0.1) is 5.52 Å². The van der Waals surface area contributed by atoms with Gasteiger partial charge in [-0.3, -0.25) is 4.79 Å². The molecule has 0 saturated carbocycles. The number of fused-ring (bicyclic) bond motifs is 1. The van der Waals surface area contributed by atoms with Crippen LogP contribution in [0.4, 0.5) is 24.8 Å². The Morgan fingerprint density at radius 1 is 1.13 bits per heavy atom. The first-order valence-corrected chi connectivity index (χ1v) is 9.64. The molecule has 0 aliphatic carbocycles. The molecular weight excluding hydrogens is 395 g/mol. The Kier molecular flexibility index (Phi) is 5.27. The number of carbonyl (C=O) groups is 1. The quantitative estimate of drug-likeness (QED) is 0.694. The summed E-state index contributed by atoms with van der Waals surface area (Å²) in [4.78, 5) is 26.0. The molecule has 0 bridgehead atoms. The summed E-state index contributed by atoms with van der Waals surface area (Å²) in [5.41, 5.74) is 1.24. The number of amides is 1. The fourth-order valence-electron chi connectivity index (χ4n) is 3.61. The number of nitrogens with zero attached hydrogens (tertiary/aromatic N) is 4. The second-order valence-electron chi connectivity index (χ2n) is 7.35. The molecule has 3 heterocycles. The summed E-state index contributed by atoms with van der Waals surface area (Å²) in [6, 6.07) is 10.3. The monoisotopic (exact) mass is 415 g/mol. The van der Waals surface area contributed by atoms with Gasteiger partial charge in [-0.15, -0.1) is 0 Å². The van der Waals surface area contributed by atoms with Gasteiger partial charge in [-0.05, 0) is 49.6 Å². The second kappa shape index (κ2) is 7.89. The van der Waals surface area contributed by atoms with E-state index in [1.165, 1.54) is 0 Å². The number of alkyl halides is 3. The van der Waals surface area contributed by atoms with E-state index < -0.39 is 12.0 Å². The number of pyridine rings is 1. The number of anilines is 2. The van der Waals surface area contributed by atoms with Crippen LogP contribution < -0.4 is 10.2 Å². The van der Waals surface area contributed by atoms with Crippen molar-refractivity contribution in [3.05, 3.63) is 54.0 Å². The first-order valence-electron chi connectivity index (χ1n) is 9.64. The lowest BCUT2D eigenvalue weighted by Crippen LogP contribution is -2.39. The van der Waals surface area contributed by atoms with E-state index in [9.17, 15) is 18.0 Å². The molecule has 1 N–H and O–H groups in total. The Balaban J connectivity index is 1.51. The number of rotatable bonds is 3. The van der Waals surface area contributed by atoms with Crippen molar-refractivity contribution in [2.75, 3.05) is 23.3 Å². The van der Waals surface area contributed by atoms with Crippen molar-refractivity contribution in [3.8, 4) is 0 Å². The maximum atomic E-state index is 13.3. The highest BCUT2D eigenvalue weighted by molar-refractivity contribution is 5.92. The van der Waals surface area contributed by atoms with E-state index in [1.807, 2.05) is 13.0 Å². The molecule has 3 aromatic rings. The summed E-state index contributed by atoms with van der Waals surface area (Å²) in [6.45, 7) is 2.77. The van der Waals surface area contributed by atoms with Gasteiger partial charge in [0.25, 0.3) is 0 Å². The third kappa shape index (κ3) is 4.19. The molecular formula is C21H20F3N5O. The van der Waals surface area contributed by atoms with E-state index in [2.05, 4.69) is 20.3 Å². The van der Waals surface area contributed by atoms with Crippen molar-refractivity contribution in [2.24, 2.45) is 5.92 Å². The van der Waals surface area contributed by atoms with E-state index in [-0.39, 0.29) is 23.2 Å². The van der Waals surface area contributed by atoms with Gasteiger partial charge in [-0.1, -0.05) is 12.1 Å². The molecule has 1 aliphatic rings. The second-order valence-corrected chi connectivity index (χ2v) is 7.35. The van der Waals surface area contributed by atoms with Crippen LogP contribution in [0.3, 0.4) is 0 Å². The summed E-state index contributed by atoms with van der Waals surface area (Å²) in [6.07, 6.45) is -1.97. The van der Waals surface area contributed by atoms with Crippen molar-refractivity contribution >= 4 is 28.4 Å². The van der Waals surface area contributed by atoms with Crippen LogP contribution in [0.25, 0.3) is 10.9 Å². The molecule has 0 spiro atoms. The Bertz CT molecular complexity index is 1080. The number of halogens is 3. The molecule has 6 nitrogen and oxygen atoms in total. The molecule has 1 aliphatic heterocycles. The van der Waals surface area contributed by atoms with E-state index in [1.54, 1.807) is 41.4 Å². The van der Waals surface area contributed by atoms with Crippen LogP contribution in [0.15, 0.2) is 42.6 Å². The predicted octanol–water partition coefficient (Wildman–Crippen LogP) is 4.21. The molecule has 1 saturated heterocycles. The number of piperidine rings is 1. The molecule has 1 fully saturated rings. The van der Waals surface area contributed by atoms with Gasteiger partial charge in [0, 0.05) is 30.6 Å². The summed E-state index contributed by atoms with van der Waals surface area (Å²) in [7, 11) is 0. The van der Waals surface area contributed by atoms with Crippen LogP contribution in [-0.2, 0) is 11.0 Å². The maximum Gasteiger partial charge on any atom is 0.451 e. The molecule has 0 radical (unpaired) electrons. The lowest BCUT2D eigenvalue weighted by molar-refractivity contribution is -0.144. The molecule has 9 heteroatoms. The molecule has 4 rings (SSSR count). The normalized spacial score (nSPS) is 15.4. The zero-order valence-corrected chi connectivity index (χ0v) is 16.3. The number of aryl methyl sites for hydroxylation is 1. The molecule has 156 valence electrons. The SMILES string of the molecule is Cc1ccnc(NC(=O)C2CCN(c3nc(C(F)(F)F)nc4ccccc34)CC2)c1. The van der Waals surface area contributed by atoms with Crippen molar-refractivity contribution in [1.29, 1.82) is 0 Å². The fraction of sp³-hybridized carbons (Fsp3) is 0.333. The molecule has 0 atom stereocenters. The van der Waals surface area contributed by atoms with Crippen LogP contribution in [-0.4, -0.2) is 33.9 Å². The number of benzene rings is 1. The molecule has 0 unspecified atom stereocenters. The molecule has 2 aromatic heterocycles. The van der Waals surface area contributed by atoms with Gasteiger partial charge >= 0.3 is 6.18 Å². The average molecular weight is 415 g/mol. The van der Waals surface area contributed by atoms with E-state index in [0.717, 1.165) is 5.56 Å². The standard InChI is InChI=1S/C21H20F3N5O/c1-13-6-9-25-17(12-13)27-19(30)14-7-10-29(11-8-14)18-15-4-2-3-5-16(15)26-20(28-18)21(22,23)24/h2-6,9,12,14H,7-8,10-11H2,1H3,(H,25,27,30). The summed E-state index contributed by atoms with van der Waals surface area (Å²) < 4.78 is 39.8. The largest absolute Gasteiger partial charge is 0.451 e. The van der Waals surface area contributed by atoms with E-state index >= 15 is 0 Å². The van der Waals surface area contributed by atoms with Crippen LogP contribution in [0.1, 0.15) is 24.2 Å². The van der Waals surface area contributed by atoms with Crippen LogP contribution in [0, 0.1) is 12.8 Å². The van der Waals surface area contributed by atoms with Crippen LogP contribution in [0.5, 0.6) is 0 Å². The predicted molar refractivity (Wildman–Crippen MR) is 107 cm³/mol. The highest BCUT2D eigenvalue weighted by Crippen LogP contribution is 2.33. The zero-order chi connectivity index (χ0) is 21.3. The van der Waals surface area contributed by atoms with Gasteiger partial charge < -0.3 is 10.2 Å². The number of carbonyl (C=O) groups excluding carboxylic acids is 1. The summed E-state index contributed by atoms with van der Waals surface area (Å²) in [5, 5.41) is 3.39. The third-order valence-electron chi connectivity index (χ3n) is 5.17. The first kappa shape index (κ1) is 20.1. The topological polar surface area (TPSA) is 71.0 Å². The number of hydrogen-bond acceptors (Lipinski definition) is 5. The lowest BCUT2D eigenvalue weighted by Gasteiger charge is -2.33. The average Bonchev–Trinajstić information content (AvgIpc) is 2.72. The Morgan fingerprint density at radius 2 is 1.87 bits per heavy atom. The van der Waals surface area contributed by atoms with Gasteiger partial charge in [0.1, 0.15) is 11.6 Å². The van der Waals surface area contributed by atoms with Gasteiger partial charge in [-0.2, -0.15) is 13.2 Å². The van der Waals surface area contributed by atoms with Crippen molar-refractivity contribution in [1.82, 2.24) is 15.0 Å². The maximum absolute atomic E-state index is 13.3. The zero-order valence-electron chi connectivity index (χ0n) is 16.3. The highest BCUT2D eigenvalue weighted by atomic mass is 19.4. The number of para-hydroxylation sites is 1. The Morgan fingerprint density at radius 3 is 2.57 bits per heavy atom. The Labute approximate surface area is 171 Å². The first-order chi connectivity index (χ1) is 14.3. The van der Waals surface area contributed by atoms with Gasteiger partial charge in [0.2, 0.25) is 11.7 Å². The van der Waals surface area contributed by atoms with Gasteiger partial charge in [0.15, 0.2) is 0 Å². The fourth-order valence-corrected chi connectivity index (χ4v) is 3.61. The van der Waals surface area contributed by atoms with Crippen molar-refractivity contribution in [3.63, 3.8) is 0 Å². The number of aromatic nitrogens is 3. The molecule has 1 amide bonds. The minimum Gasteiger partial charge on any atom is -0.356 e. The highest BCUT2D eigenvalue weighted by Gasteiger charge is 2.36. The minimum atomic E-state index is -4.63. The van der Waals surface area contributed by atoms with E-state index in [0.29, 0.717) is 37.1 Å². The number of hydrogen-bond donors (Lipinski definition) is 1. The molecule has 30 heavy (non-hydrogen) atoms. The molecule has 1 aromatic carbocycles.